The lowest BCUT2D eigenvalue weighted by atomic mass is 9.76. The van der Waals surface area contributed by atoms with Crippen LogP contribution < -0.4 is 10.6 Å². The minimum Gasteiger partial charge on any atom is -0.383 e. The Morgan fingerprint density at radius 2 is 2.00 bits per heavy atom. The second-order valence-corrected chi connectivity index (χ2v) is 8.13. The first kappa shape index (κ1) is 18.4. The highest BCUT2D eigenvalue weighted by molar-refractivity contribution is 6.31. The van der Waals surface area contributed by atoms with E-state index in [0.29, 0.717) is 16.3 Å². The van der Waals surface area contributed by atoms with Gasteiger partial charge in [0, 0.05) is 29.4 Å². The van der Waals surface area contributed by atoms with Crippen LogP contribution in [0.2, 0.25) is 5.02 Å². The third-order valence-electron chi connectivity index (χ3n) is 5.94. The van der Waals surface area contributed by atoms with Crippen molar-refractivity contribution in [1.82, 2.24) is 10.2 Å². The number of nitrogens with zero attached hydrogens (tertiary/aromatic N) is 1. The smallest absolute Gasteiger partial charge is 0.250 e. The van der Waals surface area contributed by atoms with Gasteiger partial charge in [-0.1, -0.05) is 25.4 Å². The van der Waals surface area contributed by atoms with Crippen molar-refractivity contribution in [3.63, 3.8) is 0 Å². The van der Waals surface area contributed by atoms with Crippen molar-refractivity contribution < 1.29 is 19.1 Å². The monoisotopic (exact) mass is 391 g/mol. The standard InChI is InChI=1S/C19H22ClN3O4/c1-9(2)15-13-14(17(25)23(16(13)24)6-7-27-3)19(22-15)11-8-10(20)4-5-12(11)21-18(19)26/h4-5,8-9,13-15,22H,6-7H2,1-3H3,(H,21,26)/t13-,14-,15+,19-/m0/s1. The number of anilines is 1. The van der Waals surface area contributed by atoms with E-state index in [2.05, 4.69) is 10.6 Å². The number of amides is 3. The van der Waals surface area contributed by atoms with E-state index < -0.39 is 17.4 Å². The van der Waals surface area contributed by atoms with Crippen molar-refractivity contribution in [1.29, 1.82) is 0 Å². The number of carbonyl (C=O) groups excluding carboxylic acids is 3. The molecule has 2 saturated heterocycles. The Hall–Kier alpha value is -1.96. The Labute approximate surface area is 162 Å². The predicted octanol–water partition coefficient (Wildman–Crippen LogP) is 1.36. The maximum Gasteiger partial charge on any atom is 0.250 e. The molecule has 0 aromatic heterocycles. The molecule has 4 rings (SSSR count). The lowest BCUT2D eigenvalue weighted by Crippen LogP contribution is -2.54. The lowest BCUT2D eigenvalue weighted by molar-refractivity contribution is -0.143. The van der Waals surface area contributed by atoms with Crippen LogP contribution in [0.4, 0.5) is 5.69 Å². The van der Waals surface area contributed by atoms with Gasteiger partial charge < -0.3 is 10.1 Å². The summed E-state index contributed by atoms with van der Waals surface area (Å²) in [5, 5.41) is 6.70. The highest BCUT2D eigenvalue weighted by Gasteiger charge is 2.70. The Morgan fingerprint density at radius 3 is 2.67 bits per heavy atom. The van der Waals surface area contributed by atoms with Gasteiger partial charge in [0.25, 0.3) is 0 Å². The second-order valence-electron chi connectivity index (χ2n) is 7.69. The number of benzene rings is 1. The fraction of sp³-hybridized carbons (Fsp3) is 0.526. The number of rotatable bonds is 4. The van der Waals surface area contributed by atoms with E-state index >= 15 is 0 Å². The van der Waals surface area contributed by atoms with Crippen LogP contribution in [0.1, 0.15) is 19.4 Å². The van der Waals surface area contributed by atoms with Gasteiger partial charge >= 0.3 is 0 Å². The van der Waals surface area contributed by atoms with E-state index in [-0.39, 0.29) is 42.8 Å². The minimum atomic E-state index is -1.28. The molecule has 2 N–H and O–H groups in total. The summed E-state index contributed by atoms with van der Waals surface area (Å²) >= 11 is 6.19. The molecule has 0 saturated carbocycles. The van der Waals surface area contributed by atoms with Crippen molar-refractivity contribution >= 4 is 35.0 Å². The summed E-state index contributed by atoms with van der Waals surface area (Å²) in [6.45, 7) is 4.41. The molecule has 4 atom stereocenters. The quantitative estimate of drug-likeness (QED) is 0.757. The highest BCUT2D eigenvalue weighted by atomic mass is 35.5. The summed E-state index contributed by atoms with van der Waals surface area (Å²) in [4.78, 5) is 40.7. The zero-order chi connectivity index (χ0) is 19.5. The number of fused-ring (bicyclic) bond motifs is 4. The van der Waals surface area contributed by atoms with Crippen LogP contribution in [0, 0.1) is 17.8 Å². The number of halogens is 1. The van der Waals surface area contributed by atoms with Crippen molar-refractivity contribution in [3.05, 3.63) is 28.8 Å². The molecule has 3 heterocycles. The molecule has 3 aliphatic rings. The van der Waals surface area contributed by atoms with Gasteiger partial charge in [-0.3, -0.25) is 24.6 Å². The number of likely N-dealkylation sites (tertiary alicyclic amines) is 1. The van der Waals surface area contributed by atoms with E-state index in [1.807, 2.05) is 13.8 Å². The summed E-state index contributed by atoms with van der Waals surface area (Å²) in [6, 6.07) is 4.83. The van der Waals surface area contributed by atoms with Crippen LogP contribution in [0.5, 0.6) is 0 Å². The lowest BCUT2D eigenvalue weighted by Gasteiger charge is -2.30. The van der Waals surface area contributed by atoms with Gasteiger partial charge in [-0.2, -0.15) is 0 Å². The number of ether oxygens (including phenoxy) is 1. The molecule has 3 aliphatic heterocycles. The van der Waals surface area contributed by atoms with E-state index in [0.717, 1.165) is 0 Å². The summed E-state index contributed by atoms with van der Waals surface area (Å²) < 4.78 is 5.05. The SMILES string of the molecule is COCCN1C(=O)[C@@H]2[C@@H](C(C)C)N[C@]3(C(=O)Nc4ccc(Cl)cc43)[C@@H]2C1=O. The first-order valence-electron chi connectivity index (χ1n) is 9.06. The van der Waals surface area contributed by atoms with Crippen LogP contribution in [-0.4, -0.2) is 48.9 Å². The molecule has 0 unspecified atom stereocenters. The van der Waals surface area contributed by atoms with E-state index in [1.165, 1.54) is 12.0 Å². The highest BCUT2D eigenvalue weighted by Crippen LogP contribution is 2.54. The van der Waals surface area contributed by atoms with Gasteiger partial charge in [0.05, 0.1) is 25.0 Å². The first-order chi connectivity index (χ1) is 12.8. The molecule has 0 radical (unpaired) electrons. The van der Waals surface area contributed by atoms with Gasteiger partial charge in [0.2, 0.25) is 17.7 Å². The Bertz CT molecular complexity index is 842. The number of nitrogens with one attached hydrogen (secondary N) is 2. The Morgan fingerprint density at radius 1 is 1.26 bits per heavy atom. The molecular formula is C19H22ClN3O4. The van der Waals surface area contributed by atoms with Crippen LogP contribution in [0.15, 0.2) is 18.2 Å². The number of methoxy groups -OCH3 is 1. The molecule has 8 heteroatoms. The number of hydrogen-bond donors (Lipinski definition) is 2. The average molecular weight is 392 g/mol. The fourth-order valence-corrected chi connectivity index (χ4v) is 4.91. The number of carbonyl (C=O) groups is 3. The molecule has 1 spiro atoms. The second kappa shape index (κ2) is 6.29. The van der Waals surface area contributed by atoms with Gasteiger partial charge in [0.15, 0.2) is 0 Å². The van der Waals surface area contributed by atoms with Gasteiger partial charge in [-0.15, -0.1) is 0 Å². The molecule has 2 fully saturated rings. The zero-order valence-electron chi connectivity index (χ0n) is 15.4. The van der Waals surface area contributed by atoms with Crippen molar-refractivity contribution in [2.24, 2.45) is 17.8 Å². The number of hydrogen-bond acceptors (Lipinski definition) is 5. The average Bonchev–Trinajstić information content (AvgIpc) is 3.20. The summed E-state index contributed by atoms with van der Waals surface area (Å²) in [5.41, 5.74) is -0.0301. The van der Waals surface area contributed by atoms with Crippen LogP contribution >= 0.6 is 11.6 Å². The predicted molar refractivity (Wildman–Crippen MR) is 99.1 cm³/mol. The summed E-state index contributed by atoms with van der Waals surface area (Å²) in [6.07, 6.45) is 0. The topological polar surface area (TPSA) is 87.7 Å². The molecular weight excluding hydrogens is 370 g/mol. The third kappa shape index (κ3) is 2.38. The first-order valence-corrected chi connectivity index (χ1v) is 9.44. The molecule has 7 nitrogen and oxygen atoms in total. The van der Waals surface area contributed by atoms with Gasteiger partial charge in [-0.05, 0) is 24.1 Å². The maximum atomic E-state index is 13.3. The molecule has 0 aliphatic carbocycles. The third-order valence-corrected chi connectivity index (χ3v) is 6.18. The van der Waals surface area contributed by atoms with Gasteiger partial charge in [-0.25, -0.2) is 0 Å². The van der Waals surface area contributed by atoms with E-state index in [4.69, 9.17) is 16.3 Å². The molecule has 144 valence electrons. The van der Waals surface area contributed by atoms with Gasteiger partial charge in [0.1, 0.15) is 5.54 Å². The molecule has 0 bridgehead atoms. The maximum absolute atomic E-state index is 13.3. The summed E-state index contributed by atoms with van der Waals surface area (Å²) in [5.74, 6) is -2.22. The van der Waals surface area contributed by atoms with Crippen molar-refractivity contribution in [2.45, 2.75) is 25.4 Å². The zero-order valence-corrected chi connectivity index (χ0v) is 16.2. The van der Waals surface area contributed by atoms with Crippen LogP contribution in [0.3, 0.4) is 0 Å². The summed E-state index contributed by atoms with van der Waals surface area (Å²) in [7, 11) is 1.52. The van der Waals surface area contributed by atoms with E-state index in [9.17, 15) is 14.4 Å². The van der Waals surface area contributed by atoms with Crippen LogP contribution in [0.25, 0.3) is 0 Å². The van der Waals surface area contributed by atoms with Crippen molar-refractivity contribution in [2.75, 3.05) is 25.6 Å². The van der Waals surface area contributed by atoms with Crippen LogP contribution in [-0.2, 0) is 24.7 Å². The normalized spacial score (nSPS) is 31.8. The Kier molecular flexibility index (Phi) is 4.29. The fourth-order valence-electron chi connectivity index (χ4n) is 4.74. The van der Waals surface area contributed by atoms with Crippen molar-refractivity contribution in [3.8, 4) is 0 Å². The Balaban J connectivity index is 1.86. The largest absolute Gasteiger partial charge is 0.383 e. The molecule has 1 aromatic carbocycles. The molecule has 3 amide bonds. The molecule has 27 heavy (non-hydrogen) atoms. The van der Waals surface area contributed by atoms with E-state index in [1.54, 1.807) is 18.2 Å². The minimum absolute atomic E-state index is 0.0621. The molecule has 1 aromatic rings. The number of imide groups is 1.